The quantitative estimate of drug-likeness (QED) is 0.569. The molecule has 0 aliphatic carbocycles. The molecule has 0 radical (unpaired) electrons. The highest BCUT2D eigenvalue weighted by molar-refractivity contribution is 7.93. The normalized spacial score (nSPS) is 42.8. The number of epoxide rings is 1. The van der Waals surface area contributed by atoms with Crippen molar-refractivity contribution in [1.29, 1.82) is 0 Å². The van der Waals surface area contributed by atoms with E-state index in [0.29, 0.717) is 5.75 Å². The molecule has 2 rings (SSSR count). The van der Waals surface area contributed by atoms with Crippen LogP contribution in [0.3, 0.4) is 0 Å². The molecule has 1 unspecified atom stereocenters. The molecule has 0 N–H and O–H groups in total. The lowest BCUT2D eigenvalue weighted by Crippen LogP contribution is -2.36. The van der Waals surface area contributed by atoms with Crippen LogP contribution in [-0.2, 0) is 14.6 Å². The minimum absolute atomic E-state index is 0.220. The fourth-order valence-corrected chi connectivity index (χ4v) is 3.87. The number of hydrogen-bond acceptors (Lipinski definition) is 3. The van der Waals surface area contributed by atoms with Crippen molar-refractivity contribution in [2.24, 2.45) is 5.92 Å². The van der Waals surface area contributed by atoms with E-state index in [-0.39, 0.29) is 12.0 Å². The van der Waals surface area contributed by atoms with Crippen molar-refractivity contribution in [3.05, 3.63) is 0 Å². The molecular formula is C8H14O3S. The second-order valence-corrected chi connectivity index (χ2v) is 6.88. The first kappa shape index (κ1) is 8.51. The molecule has 0 aromatic heterocycles. The van der Waals surface area contributed by atoms with Crippen LogP contribution in [0, 0.1) is 5.92 Å². The Balaban J connectivity index is 2.31. The third-order valence-electron chi connectivity index (χ3n) is 3.20. The lowest BCUT2D eigenvalue weighted by atomic mass is 9.90. The first-order chi connectivity index (χ1) is 5.45. The van der Waals surface area contributed by atoms with Gasteiger partial charge in [0.05, 0.1) is 23.2 Å². The van der Waals surface area contributed by atoms with Crippen LogP contribution in [0.2, 0.25) is 0 Å². The Kier molecular flexibility index (Phi) is 1.58. The molecule has 2 fully saturated rings. The second kappa shape index (κ2) is 2.23. The Bertz CT molecular complexity index is 287. The van der Waals surface area contributed by atoms with Crippen molar-refractivity contribution in [3.8, 4) is 0 Å². The molecule has 2 atom stereocenters. The molecule has 2 saturated heterocycles. The molecule has 2 aliphatic rings. The van der Waals surface area contributed by atoms with Crippen LogP contribution in [-0.4, -0.2) is 31.6 Å². The van der Waals surface area contributed by atoms with E-state index in [2.05, 4.69) is 0 Å². The monoisotopic (exact) mass is 190 g/mol. The van der Waals surface area contributed by atoms with Crippen LogP contribution in [0.15, 0.2) is 0 Å². The highest BCUT2D eigenvalue weighted by atomic mass is 32.2. The predicted molar refractivity (Wildman–Crippen MR) is 45.7 cm³/mol. The summed E-state index contributed by atoms with van der Waals surface area (Å²) in [6, 6.07) is 0. The van der Waals surface area contributed by atoms with Crippen molar-refractivity contribution in [2.75, 3.05) is 12.4 Å². The van der Waals surface area contributed by atoms with Gasteiger partial charge in [0, 0.05) is 5.92 Å². The molecule has 3 nitrogen and oxygen atoms in total. The molecule has 2 heterocycles. The van der Waals surface area contributed by atoms with Crippen LogP contribution < -0.4 is 0 Å². The van der Waals surface area contributed by atoms with Gasteiger partial charge in [0.1, 0.15) is 0 Å². The van der Waals surface area contributed by atoms with E-state index >= 15 is 0 Å². The smallest absolute Gasteiger partial charge is 0.155 e. The molecule has 12 heavy (non-hydrogen) atoms. The van der Waals surface area contributed by atoms with Gasteiger partial charge in [-0.3, -0.25) is 0 Å². The third-order valence-corrected chi connectivity index (χ3v) is 5.88. The van der Waals surface area contributed by atoms with Crippen molar-refractivity contribution in [2.45, 2.75) is 31.1 Å². The molecule has 0 aromatic carbocycles. The molecule has 2 aliphatic heterocycles. The van der Waals surface area contributed by atoms with E-state index in [1.807, 2.05) is 13.8 Å². The minimum atomic E-state index is -2.86. The van der Waals surface area contributed by atoms with E-state index in [1.54, 1.807) is 0 Å². The van der Waals surface area contributed by atoms with Gasteiger partial charge in [-0.2, -0.15) is 0 Å². The topological polar surface area (TPSA) is 46.7 Å². The summed E-state index contributed by atoms with van der Waals surface area (Å²) in [6.45, 7) is 4.40. The molecular weight excluding hydrogens is 176 g/mol. The van der Waals surface area contributed by atoms with Gasteiger partial charge in [-0.15, -0.1) is 0 Å². The van der Waals surface area contributed by atoms with Gasteiger partial charge >= 0.3 is 0 Å². The van der Waals surface area contributed by atoms with E-state index in [9.17, 15) is 8.42 Å². The fourth-order valence-electron chi connectivity index (χ4n) is 2.04. The number of rotatable bonds is 1. The average molecular weight is 190 g/mol. The van der Waals surface area contributed by atoms with Crippen molar-refractivity contribution < 1.29 is 13.2 Å². The van der Waals surface area contributed by atoms with Gasteiger partial charge in [0.25, 0.3) is 0 Å². The maximum absolute atomic E-state index is 11.6. The van der Waals surface area contributed by atoms with E-state index in [1.165, 1.54) is 0 Å². The van der Waals surface area contributed by atoms with Gasteiger partial charge in [-0.05, 0) is 20.3 Å². The zero-order chi connectivity index (χ0) is 8.98. The maximum atomic E-state index is 11.6. The van der Waals surface area contributed by atoms with Gasteiger partial charge in [0.2, 0.25) is 0 Å². The number of sulfone groups is 1. The zero-order valence-corrected chi connectivity index (χ0v) is 8.23. The van der Waals surface area contributed by atoms with E-state index in [4.69, 9.17) is 4.74 Å². The molecule has 4 heteroatoms. The van der Waals surface area contributed by atoms with Gasteiger partial charge in [-0.1, -0.05) is 0 Å². The van der Waals surface area contributed by atoms with Crippen LogP contribution in [0.25, 0.3) is 0 Å². The molecule has 0 amide bonds. The molecule has 70 valence electrons. The second-order valence-electron chi connectivity index (χ2n) is 4.19. The van der Waals surface area contributed by atoms with Gasteiger partial charge < -0.3 is 4.74 Å². The van der Waals surface area contributed by atoms with Crippen LogP contribution in [0.5, 0.6) is 0 Å². The highest BCUT2D eigenvalue weighted by Gasteiger charge is 2.53. The minimum Gasteiger partial charge on any atom is -0.373 e. The summed E-state index contributed by atoms with van der Waals surface area (Å²) in [6.07, 6.45) is 0.997. The predicted octanol–water partition coefficient (Wildman–Crippen LogP) is 0.599. The zero-order valence-electron chi connectivity index (χ0n) is 7.41. The Morgan fingerprint density at radius 2 is 2.00 bits per heavy atom. The van der Waals surface area contributed by atoms with Crippen molar-refractivity contribution in [3.63, 3.8) is 0 Å². The lowest BCUT2D eigenvalue weighted by Gasteiger charge is -2.23. The Hall–Kier alpha value is -0.0900. The standard InChI is InChI=1S/C8H14O3S/c1-8(2)6(7-5-11-7)3-4-12(8,9)10/h6-7H,3-5H2,1-2H3/t6?,7-/m0/s1. The van der Waals surface area contributed by atoms with Crippen molar-refractivity contribution in [1.82, 2.24) is 0 Å². The van der Waals surface area contributed by atoms with E-state index < -0.39 is 14.6 Å². The molecule has 0 bridgehead atoms. The summed E-state index contributed by atoms with van der Waals surface area (Å²) in [5, 5.41) is 0. The summed E-state index contributed by atoms with van der Waals surface area (Å²) in [7, 11) is -2.86. The highest BCUT2D eigenvalue weighted by Crippen LogP contribution is 2.43. The van der Waals surface area contributed by atoms with Crippen LogP contribution >= 0.6 is 0 Å². The summed E-state index contributed by atoms with van der Waals surface area (Å²) in [5.41, 5.74) is 0. The Morgan fingerprint density at radius 1 is 1.42 bits per heavy atom. The van der Waals surface area contributed by atoms with Crippen molar-refractivity contribution >= 4 is 9.84 Å². The maximum Gasteiger partial charge on any atom is 0.155 e. The van der Waals surface area contributed by atoms with Crippen LogP contribution in [0.4, 0.5) is 0 Å². The first-order valence-electron chi connectivity index (χ1n) is 4.29. The fraction of sp³-hybridized carbons (Fsp3) is 1.00. The molecule has 0 aromatic rings. The average Bonchev–Trinajstić information content (AvgIpc) is 2.66. The SMILES string of the molecule is CC1(C)C([C@@H]2CO2)CCS1(=O)=O. The largest absolute Gasteiger partial charge is 0.373 e. The van der Waals surface area contributed by atoms with E-state index in [0.717, 1.165) is 13.0 Å². The molecule has 0 saturated carbocycles. The molecule has 0 spiro atoms. The summed E-state index contributed by atoms with van der Waals surface area (Å²) in [5.74, 6) is 0.562. The third kappa shape index (κ3) is 1.01. The first-order valence-corrected chi connectivity index (χ1v) is 5.94. The van der Waals surface area contributed by atoms with Gasteiger partial charge in [0.15, 0.2) is 9.84 Å². The number of ether oxygens (including phenoxy) is 1. The Labute approximate surface area is 73.0 Å². The van der Waals surface area contributed by atoms with Gasteiger partial charge in [-0.25, -0.2) is 8.42 Å². The van der Waals surface area contributed by atoms with Crippen LogP contribution in [0.1, 0.15) is 20.3 Å². The summed E-state index contributed by atoms with van der Waals surface area (Å²) < 4.78 is 27.7. The summed E-state index contributed by atoms with van der Waals surface area (Å²) >= 11 is 0. The summed E-state index contributed by atoms with van der Waals surface area (Å²) in [4.78, 5) is 0. The Morgan fingerprint density at radius 3 is 2.33 bits per heavy atom. The lowest BCUT2D eigenvalue weighted by molar-refractivity contribution is 0.292. The number of hydrogen-bond donors (Lipinski definition) is 0.